The summed E-state index contributed by atoms with van der Waals surface area (Å²) in [7, 11) is -4.36. The van der Waals surface area contributed by atoms with Crippen LogP contribution in [0.2, 0.25) is 0 Å². The van der Waals surface area contributed by atoms with Gasteiger partial charge in [0.2, 0.25) is 0 Å². The molecule has 1 aliphatic rings. The molecule has 1 atom stereocenters. The number of anilines is 2. The van der Waals surface area contributed by atoms with E-state index >= 15 is 0 Å². The number of aromatic nitrogens is 1. The third-order valence-electron chi connectivity index (χ3n) is 5.01. The van der Waals surface area contributed by atoms with Crippen LogP contribution < -0.4 is 9.64 Å². The molecule has 0 amide bonds. The summed E-state index contributed by atoms with van der Waals surface area (Å²) in [5, 5.41) is -1.15. The molecule has 6 nitrogen and oxygen atoms in total. The molecule has 7 heteroatoms. The standard InChI is InChI=1S/C22H22N2O4S/c1-3-15-9-7-11-17(23-15)16-10-8-14-20-22(16)24(21(4-2)29(25,26)27)18-12-5-6-13-19(18)28-20/h5-14,21H,3-4H2,1-2H3,(H,25,26,27). The maximum Gasteiger partial charge on any atom is 0.286 e. The van der Waals surface area contributed by atoms with E-state index in [1.54, 1.807) is 30.0 Å². The van der Waals surface area contributed by atoms with Crippen molar-refractivity contribution in [1.29, 1.82) is 0 Å². The van der Waals surface area contributed by atoms with Gasteiger partial charge >= 0.3 is 0 Å². The minimum Gasteiger partial charge on any atom is -0.453 e. The molecule has 29 heavy (non-hydrogen) atoms. The Hall–Kier alpha value is -2.90. The van der Waals surface area contributed by atoms with Crippen molar-refractivity contribution in [2.24, 2.45) is 0 Å². The van der Waals surface area contributed by atoms with Crippen molar-refractivity contribution in [3.8, 4) is 22.8 Å². The molecule has 1 unspecified atom stereocenters. The molecule has 2 heterocycles. The monoisotopic (exact) mass is 410 g/mol. The van der Waals surface area contributed by atoms with E-state index in [1.807, 2.05) is 49.4 Å². The van der Waals surface area contributed by atoms with Crippen LogP contribution in [-0.2, 0) is 16.5 Å². The molecular weight excluding hydrogens is 388 g/mol. The zero-order valence-electron chi connectivity index (χ0n) is 16.2. The van der Waals surface area contributed by atoms with Gasteiger partial charge in [0, 0.05) is 11.3 Å². The van der Waals surface area contributed by atoms with E-state index in [-0.39, 0.29) is 6.42 Å². The van der Waals surface area contributed by atoms with Crippen LogP contribution in [0.4, 0.5) is 11.4 Å². The molecule has 4 rings (SSSR count). The molecule has 0 fully saturated rings. The van der Waals surface area contributed by atoms with E-state index in [0.717, 1.165) is 23.4 Å². The van der Waals surface area contributed by atoms with Crippen LogP contribution in [0.3, 0.4) is 0 Å². The number of para-hydroxylation sites is 3. The fourth-order valence-electron chi connectivity index (χ4n) is 3.69. The Morgan fingerprint density at radius 2 is 1.72 bits per heavy atom. The number of aryl methyl sites for hydroxylation is 1. The van der Waals surface area contributed by atoms with Crippen LogP contribution in [0, 0.1) is 0 Å². The fourth-order valence-corrected chi connectivity index (χ4v) is 4.60. The first-order chi connectivity index (χ1) is 13.9. The summed E-state index contributed by atoms with van der Waals surface area (Å²) in [4.78, 5) is 6.37. The summed E-state index contributed by atoms with van der Waals surface area (Å²) in [6.07, 6.45) is 0.984. The third kappa shape index (κ3) is 3.47. The molecular formula is C22H22N2O4S. The number of ether oxygens (including phenoxy) is 1. The van der Waals surface area contributed by atoms with Crippen molar-refractivity contribution in [2.75, 3.05) is 4.90 Å². The highest BCUT2D eigenvalue weighted by molar-refractivity contribution is 7.86. The second kappa shape index (κ2) is 7.50. The summed E-state index contributed by atoms with van der Waals surface area (Å²) >= 11 is 0. The molecule has 2 aromatic carbocycles. The molecule has 0 bridgehead atoms. The lowest BCUT2D eigenvalue weighted by Gasteiger charge is -2.37. The number of nitrogens with zero attached hydrogens (tertiary/aromatic N) is 2. The molecule has 0 radical (unpaired) electrons. The Morgan fingerprint density at radius 3 is 2.45 bits per heavy atom. The molecule has 0 saturated heterocycles. The highest BCUT2D eigenvalue weighted by Gasteiger charge is 2.37. The number of rotatable bonds is 5. The van der Waals surface area contributed by atoms with Crippen LogP contribution in [0.25, 0.3) is 11.3 Å². The van der Waals surface area contributed by atoms with Gasteiger partial charge in [-0.1, -0.05) is 44.2 Å². The first-order valence-electron chi connectivity index (χ1n) is 9.55. The first kappa shape index (κ1) is 19.4. The molecule has 0 aliphatic carbocycles. The summed E-state index contributed by atoms with van der Waals surface area (Å²) in [6.45, 7) is 3.76. The second-order valence-electron chi connectivity index (χ2n) is 6.84. The lowest BCUT2D eigenvalue weighted by atomic mass is 10.0. The van der Waals surface area contributed by atoms with Crippen molar-refractivity contribution in [3.63, 3.8) is 0 Å². The van der Waals surface area contributed by atoms with Gasteiger partial charge in [-0.05, 0) is 43.2 Å². The maximum absolute atomic E-state index is 12.3. The molecule has 3 aromatic rings. The summed E-state index contributed by atoms with van der Waals surface area (Å²) in [6, 6.07) is 18.5. The van der Waals surface area contributed by atoms with Gasteiger partial charge in [0.05, 0.1) is 17.1 Å². The highest BCUT2D eigenvalue weighted by Crippen LogP contribution is 2.52. The Bertz CT molecular complexity index is 1160. The molecule has 0 saturated carbocycles. The Labute approximate surface area is 170 Å². The van der Waals surface area contributed by atoms with Crippen molar-refractivity contribution in [3.05, 3.63) is 66.4 Å². The Balaban J connectivity index is 2.00. The third-order valence-corrected chi connectivity index (χ3v) is 6.24. The van der Waals surface area contributed by atoms with Crippen LogP contribution >= 0.6 is 0 Å². The smallest absolute Gasteiger partial charge is 0.286 e. The van der Waals surface area contributed by atoms with Gasteiger partial charge in [-0.25, -0.2) is 0 Å². The maximum atomic E-state index is 12.3. The Kier molecular flexibility index (Phi) is 5.02. The topological polar surface area (TPSA) is 79.7 Å². The first-order valence-corrected chi connectivity index (χ1v) is 11.1. The summed E-state index contributed by atoms with van der Waals surface area (Å²) in [5.41, 5.74) is 3.57. The van der Waals surface area contributed by atoms with Crippen LogP contribution in [0.15, 0.2) is 60.7 Å². The van der Waals surface area contributed by atoms with Crippen molar-refractivity contribution in [2.45, 2.75) is 32.1 Å². The average Bonchev–Trinajstić information content (AvgIpc) is 2.72. The van der Waals surface area contributed by atoms with E-state index in [2.05, 4.69) is 0 Å². The van der Waals surface area contributed by atoms with Crippen LogP contribution in [-0.4, -0.2) is 23.3 Å². The van der Waals surface area contributed by atoms with E-state index < -0.39 is 15.5 Å². The fraction of sp³-hybridized carbons (Fsp3) is 0.227. The van der Waals surface area contributed by atoms with Crippen molar-refractivity contribution < 1.29 is 17.7 Å². The van der Waals surface area contributed by atoms with E-state index in [9.17, 15) is 13.0 Å². The minimum absolute atomic E-state index is 0.198. The Morgan fingerprint density at radius 1 is 1.00 bits per heavy atom. The number of hydrogen-bond donors (Lipinski definition) is 1. The van der Waals surface area contributed by atoms with Gasteiger partial charge in [0.1, 0.15) is 0 Å². The van der Waals surface area contributed by atoms with E-state index in [4.69, 9.17) is 9.72 Å². The SMILES string of the molecule is CCc1cccc(-c2cccc3c2N(C(CC)S(=O)(=O)O)c2ccccc2O3)n1. The quantitative estimate of drug-likeness (QED) is 0.584. The number of hydrogen-bond acceptors (Lipinski definition) is 5. The minimum atomic E-state index is -4.36. The van der Waals surface area contributed by atoms with Gasteiger partial charge in [-0.3, -0.25) is 9.54 Å². The number of pyridine rings is 1. The van der Waals surface area contributed by atoms with Crippen molar-refractivity contribution >= 4 is 21.5 Å². The molecule has 1 aromatic heterocycles. The van der Waals surface area contributed by atoms with Gasteiger partial charge in [-0.2, -0.15) is 8.42 Å². The number of benzene rings is 2. The van der Waals surface area contributed by atoms with E-state index in [0.29, 0.717) is 22.9 Å². The zero-order chi connectivity index (χ0) is 20.6. The normalized spacial score (nSPS) is 14.0. The van der Waals surface area contributed by atoms with Gasteiger partial charge in [0.15, 0.2) is 16.9 Å². The predicted molar refractivity (Wildman–Crippen MR) is 113 cm³/mol. The molecule has 1 aliphatic heterocycles. The van der Waals surface area contributed by atoms with E-state index in [1.165, 1.54) is 0 Å². The van der Waals surface area contributed by atoms with Gasteiger partial charge in [-0.15, -0.1) is 0 Å². The second-order valence-corrected chi connectivity index (χ2v) is 8.41. The van der Waals surface area contributed by atoms with Crippen LogP contribution in [0.1, 0.15) is 26.0 Å². The average molecular weight is 410 g/mol. The summed E-state index contributed by atoms with van der Waals surface area (Å²) < 4.78 is 40.7. The van der Waals surface area contributed by atoms with Gasteiger partial charge in [0.25, 0.3) is 10.1 Å². The molecule has 1 N–H and O–H groups in total. The lowest BCUT2D eigenvalue weighted by Crippen LogP contribution is -2.39. The molecule has 0 spiro atoms. The lowest BCUT2D eigenvalue weighted by molar-refractivity contribution is 0.452. The highest BCUT2D eigenvalue weighted by atomic mass is 32.2. The summed E-state index contributed by atoms with van der Waals surface area (Å²) in [5.74, 6) is 1.06. The largest absolute Gasteiger partial charge is 0.453 e. The number of fused-ring (bicyclic) bond motifs is 2. The van der Waals surface area contributed by atoms with Crippen LogP contribution in [0.5, 0.6) is 11.5 Å². The van der Waals surface area contributed by atoms with Crippen molar-refractivity contribution in [1.82, 2.24) is 4.98 Å². The predicted octanol–water partition coefficient (Wildman–Crippen LogP) is 5.18. The molecule has 150 valence electrons. The zero-order valence-corrected chi connectivity index (χ0v) is 17.1. The van der Waals surface area contributed by atoms with Gasteiger partial charge < -0.3 is 9.64 Å².